The van der Waals surface area contributed by atoms with E-state index >= 15 is 0 Å². The number of esters is 2. The number of aliphatic hydroxyl groups excluding tert-OH is 2. The van der Waals surface area contributed by atoms with Crippen molar-refractivity contribution in [2.24, 2.45) is 0 Å². The number of aromatic nitrogens is 4. The Labute approximate surface area is 502 Å². The molecule has 24 nitrogen and oxygen atoms in total. The van der Waals surface area contributed by atoms with Crippen LogP contribution in [0.25, 0.3) is 11.2 Å². The molecule has 3 aliphatic carbocycles. The molecule has 5 aromatic rings. The van der Waals surface area contributed by atoms with E-state index in [1.54, 1.807) is 56.4 Å². The molecular weight excluding hydrogens is 1150 g/mol. The molecule has 9 rings (SSSR count). The molecule has 0 saturated carbocycles. The lowest BCUT2D eigenvalue weighted by molar-refractivity contribution is -0.249. The molecule has 0 bridgehead atoms. The summed E-state index contributed by atoms with van der Waals surface area (Å²) in [6.45, 7) is 2.64. The molecule has 1 fully saturated rings. The number of allylic oxidation sites excluding steroid dienone is 1. The topological polar surface area (TPSA) is 349 Å². The zero-order valence-corrected chi connectivity index (χ0v) is 49.2. The van der Waals surface area contributed by atoms with Crippen LogP contribution in [0, 0.1) is 6.92 Å². The van der Waals surface area contributed by atoms with E-state index in [1.165, 1.54) is 46.9 Å². The second-order valence-electron chi connectivity index (χ2n) is 21.2. The number of alkyl carbamates (subject to hydrolysis) is 1. The minimum absolute atomic E-state index is 0.0224. The predicted molar refractivity (Wildman–Crippen MR) is 315 cm³/mol. The highest BCUT2D eigenvalue weighted by Gasteiger charge is 2.47. The lowest BCUT2D eigenvalue weighted by Crippen LogP contribution is -2.56. The minimum atomic E-state index is -2.11. The molecule has 1 aliphatic heterocycles. The number of aliphatic hydroxyl groups is 3. The van der Waals surface area contributed by atoms with Crippen molar-refractivity contribution in [3.63, 3.8) is 0 Å². The van der Waals surface area contributed by atoms with Gasteiger partial charge in [0.15, 0.2) is 40.6 Å². The van der Waals surface area contributed by atoms with Gasteiger partial charge in [-0.1, -0.05) is 46.2 Å². The normalized spacial score (nSPS) is 22.3. The molecule has 2 amide bonds. The fourth-order valence-corrected chi connectivity index (χ4v) is 12.3. The molecule has 26 heteroatoms. The number of rotatable bonds is 23. The van der Waals surface area contributed by atoms with Gasteiger partial charge in [0.1, 0.15) is 55.2 Å². The summed E-state index contributed by atoms with van der Waals surface area (Å²) >= 11 is 0. The monoisotopic (exact) mass is 1220 g/mol. The Morgan fingerprint density at radius 2 is 1.71 bits per heavy atom. The number of ether oxygens (including phenoxy) is 6. The van der Waals surface area contributed by atoms with Gasteiger partial charge in [0.2, 0.25) is 0 Å². The number of carbonyl (C=O) groups excluding carboxylic acids is 7. The number of hydrogen-bond acceptors (Lipinski definition) is 24. The Kier molecular flexibility index (Phi) is 21.0. The van der Waals surface area contributed by atoms with E-state index in [0.717, 1.165) is 25.7 Å². The summed E-state index contributed by atoms with van der Waals surface area (Å²) in [5.41, 5.74) is 7.42. The number of nitrogens with one attached hydrogen (secondary N) is 3. The van der Waals surface area contributed by atoms with Crippen LogP contribution in [0.4, 0.5) is 16.3 Å². The number of ketones is 3. The maximum Gasteiger partial charge on any atom is 0.407 e. The highest BCUT2D eigenvalue weighted by molar-refractivity contribution is 8.76. The van der Waals surface area contributed by atoms with Crippen molar-refractivity contribution in [3.8, 4) is 5.75 Å². The predicted octanol–water partition coefficient (Wildman–Crippen LogP) is 5.53. The Hall–Kier alpha value is -7.59. The van der Waals surface area contributed by atoms with E-state index in [9.17, 15) is 48.9 Å². The Morgan fingerprint density at radius 1 is 0.942 bits per heavy atom. The molecule has 4 aliphatic rings. The number of nitrogens with two attached hydrogens (primary N) is 1. The molecule has 3 heterocycles. The summed E-state index contributed by atoms with van der Waals surface area (Å²) in [7, 11) is 4.12. The molecule has 456 valence electrons. The van der Waals surface area contributed by atoms with Gasteiger partial charge in [-0.25, -0.2) is 29.5 Å². The summed E-state index contributed by atoms with van der Waals surface area (Å²) in [6.07, 6.45) is 3.29. The van der Waals surface area contributed by atoms with Crippen molar-refractivity contribution in [2.45, 2.75) is 133 Å². The third-order valence-corrected chi connectivity index (χ3v) is 17.5. The molecule has 1 saturated heterocycles. The third kappa shape index (κ3) is 15.3. The number of anilines is 2. The maximum atomic E-state index is 14.0. The van der Waals surface area contributed by atoms with Crippen LogP contribution in [0.2, 0.25) is 0 Å². The number of Topliss-reactive ketones (excluding diaryl/α,β-unsaturated/α-hetero) is 1. The number of benzene rings is 3. The van der Waals surface area contributed by atoms with Crippen molar-refractivity contribution in [2.75, 3.05) is 49.5 Å². The van der Waals surface area contributed by atoms with E-state index in [0.29, 0.717) is 64.0 Å². The number of nitrogen functional groups attached to an aromatic ring is 1. The number of hydrogen-bond donors (Lipinski definition) is 7. The van der Waals surface area contributed by atoms with E-state index in [1.807, 2.05) is 12.2 Å². The number of amides is 2. The van der Waals surface area contributed by atoms with Crippen molar-refractivity contribution < 1.29 is 77.3 Å². The highest BCUT2D eigenvalue weighted by atomic mass is 33.1. The van der Waals surface area contributed by atoms with Crippen LogP contribution in [-0.4, -0.2) is 157 Å². The average Bonchev–Trinajstić information content (AvgIpc) is 1.05. The SMILES string of the molecule is COc1cccc2c1C(=O)c1cc3c(cc1C2=O)C[C@@](O)(C(=O)CO)C[C@@H]3O[C@H]1C[C@@H](NC(=O)OCCSSCCOC(=O)CC[C@@H](NC(=O)c2ccc(NCc3cnc4nc(C)nc(N)c4n3)cc2)C(=O)OC2/C=C/CCCCC2)[C@H](O)[C@H](C)O1. The summed E-state index contributed by atoms with van der Waals surface area (Å²) in [6, 6.07) is 12.2. The van der Waals surface area contributed by atoms with Gasteiger partial charge in [0, 0.05) is 65.1 Å². The summed E-state index contributed by atoms with van der Waals surface area (Å²) in [4.78, 5) is 111. The van der Waals surface area contributed by atoms with Gasteiger partial charge < -0.3 is 65.4 Å². The number of fused-ring (bicyclic) bond motifs is 4. The van der Waals surface area contributed by atoms with E-state index in [2.05, 4.69) is 35.9 Å². The Bertz CT molecular complexity index is 3390. The van der Waals surface area contributed by atoms with Crippen LogP contribution in [0.5, 0.6) is 5.75 Å². The van der Waals surface area contributed by atoms with E-state index < -0.39 is 96.3 Å². The number of carbonyl (C=O) groups is 7. The molecule has 0 radical (unpaired) electrons. The molecule has 1 unspecified atom stereocenters. The first-order valence-corrected chi connectivity index (χ1v) is 30.8. The number of nitrogens with zero attached hydrogens (tertiary/aromatic N) is 4. The minimum Gasteiger partial charge on any atom is -0.496 e. The van der Waals surface area contributed by atoms with Crippen molar-refractivity contribution in [1.82, 2.24) is 30.6 Å². The first-order chi connectivity index (χ1) is 41.4. The maximum absolute atomic E-state index is 14.0. The Balaban J connectivity index is 0.715. The molecular formula is C60H68N8O16S2. The molecule has 86 heavy (non-hydrogen) atoms. The van der Waals surface area contributed by atoms with Gasteiger partial charge in [-0.05, 0) is 106 Å². The van der Waals surface area contributed by atoms with Crippen molar-refractivity contribution in [1.29, 1.82) is 0 Å². The van der Waals surface area contributed by atoms with Crippen LogP contribution >= 0.6 is 21.6 Å². The molecule has 2 aromatic heterocycles. The van der Waals surface area contributed by atoms with Crippen LogP contribution < -0.4 is 26.4 Å². The fourth-order valence-electron chi connectivity index (χ4n) is 10.7. The number of aryl methyl sites for hydroxylation is 1. The van der Waals surface area contributed by atoms with Gasteiger partial charge in [-0.3, -0.25) is 24.0 Å². The first kappa shape index (κ1) is 62.9. The largest absolute Gasteiger partial charge is 0.496 e. The van der Waals surface area contributed by atoms with Gasteiger partial charge in [-0.15, -0.1) is 0 Å². The van der Waals surface area contributed by atoms with Gasteiger partial charge in [0.25, 0.3) is 5.91 Å². The fraction of sp³-hybridized carbons (Fsp3) is 0.450. The molecule has 3 aromatic carbocycles. The zero-order valence-electron chi connectivity index (χ0n) is 47.6. The summed E-state index contributed by atoms with van der Waals surface area (Å²) in [5.74, 6) is -1.89. The van der Waals surface area contributed by atoms with Gasteiger partial charge in [-0.2, -0.15) is 0 Å². The smallest absolute Gasteiger partial charge is 0.407 e. The second-order valence-corrected chi connectivity index (χ2v) is 23.9. The van der Waals surface area contributed by atoms with Crippen molar-refractivity contribution in [3.05, 3.63) is 123 Å². The first-order valence-electron chi connectivity index (χ1n) is 28.3. The lowest BCUT2D eigenvalue weighted by atomic mass is 9.73. The zero-order chi connectivity index (χ0) is 61.1. The highest BCUT2D eigenvalue weighted by Crippen LogP contribution is 2.44. The summed E-state index contributed by atoms with van der Waals surface area (Å²) in [5, 5.41) is 41.2. The van der Waals surface area contributed by atoms with E-state index in [4.69, 9.17) is 34.2 Å². The molecule has 0 spiro atoms. The van der Waals surface area contributed by atoms with Crippen LogP contribution in [0.15, 0.2) is 72.9 Å². The van der Waals surface area contributed by atoms with Gasteiger partial charge >= 0.3 is 18.0 Å². The second kappa shape index (κ2) is 28.7. The lowest BCUT2D eigenvalue weighted by Gasteiger charge is -2.42. The molecule has 8 atom stereocenters. The average molecular weight is 1220 g/mol. The van der Waals surface area contributed by atoms with Crippen LogP contribution in [0.1, 0.15) is 136 Å². The van der Waals surface area contributed by atoms with Crippen molar-refractivity contribution >= 4 is 85.5 Å². The summed E-state index contributed by atoms with van der Waals surface area (Å²) < 4.78 is 34.5. The standard InChI is InChI=1S/C60H68N8O16S2/c1-32-52(72)44(26-49(82-32)84-46-28-60(78,47(70)31-69)27-35-24-41-42(25-40(35)46)54(74)50-39(53(41)73)12-9-13-45(50)79-3)68-59(77)81-21-23-86-85-22-20-80-48(71)19-18-43(58(76)83-38-10-7-5-4-6-8-11-38)67-57(75)34-14-16-36(17-15-34)62-29-37-30-63-56-51(66-37)55(61)64-33(2)65-56/h7,9-10,12-17,24-25,30,32,38,43-44,46,49,52,62,69,72,78H,4-6,8,11,18-23,26-29,31H2,1-3H3,(H,67,75)(H,68,77)(H2,61,63,64,65)/b10-7+/t32-,38?,43+,44+,46-,49-,52+,60-/m0/s1. The molecule has 8 N–H and O–H groups in total. The Morgan fingerprint density at radius 3 is 2.48 bits per heavy atom. The van der Waals surface area contributed by atoms with E-state index in [-0.39, 0.29) is 84.7 Å². The van der Waals surface area contributed by atoms with Crippen LogP contribution in [-0.2, 0) is 51.0 Å². The number of methoxy groups -OCH3 is 1. The van der Waals surface area contributed by atoms with Gasteiger partial charge in [0.05, 0.1) is 49.4 Å². The quantitative estimate of drug-likeness (QED) is 0.0136. The van der Waals surface area contributed by atoms with Crippen LogP contribution in [0.3, 0.4) is 0 Å². The third-order valence-electron chi connectivity index (χ3n) is 15.2.